The van der Waals surface area contributed by atoms with Crippen molar-refractivity contribution < 1.29 is 18.3 Å². The van der Waals surface area contributed by atoms with E-state index in [0.717, 1.165) is 10.7 Å². The van der Waals surface area contributed by atoms with E-state index in [1.165, 1.54) is 6.20 Å². The molecule has 2 aromatic rings. The van der Waals surface area contributed by atoms with Gasteiger partial charge < -0.3 is 10.8 Å². The summed E-state index contributed by atoms with van der Waals surface area (Å²) in [5.74, 6) is 0. The second-order valence-electron chi connectivity index (χ2n) is 4.03. The van der Waals surface area contributed by atoms with E-state index in [1.807, 2.05) is 0 Å². The van der Waals surface area contributed by atoms with Crippen LogP contribution >= 0.6 is 0 Å². The summed E-state index contributed by atoms with van der Waals surface area (Å²) in [6, 6.07) is 9.33. The number of rotatable bonds is 3. The molecule has 3 N–H and O–H groups in total. The zero-order valence-corrected chi connectivity index (χ0v) is 9.80. The smallest absolute Gasteiger partial charge is 0.374 e. The van der Waals surface area contributed by atoms with Gasteiger partial charge in [0, 0.05) is 12.7 Å². The van der Waals surface area contributed by atoms with Gasteiger partial charge in [-0.05, 0) is 18.2 Å². The van der Waals surface area contributed by atoms with Crippen LogP contribution in [-0.4, -0.2) is 27.6 Å². The highest BCUT2D eigenvalue weighted by Crippen LogP contribution is 2.38. The van der Waals surface area contributed by atoms with E-state index in [-0.39, 0.29) is 0 Å². The van der Waals surface area contributed by atoms with E-state index in [2.05, 4.69) is 5.10 Å². The first-order chi connectivity index (χ1) is 8.90. The number of aliphatic hydroxyl groups is 1. The van der Waals surface area contributed by atoms with Crippen molar-refractivity contribution in [1.29, 1.82) is 0 Å². The summed E-state index contributed by atoms with van der Waals surface area (Å²) in [6.45, 7) is -0.977. The number of alkyl halides is 3. The van der Waals surface area contributed by atoms with Gasteiger partial charge >= 0.3 is 6.18 Å². The minimum absolute atomic E-state index is 0.409. The van der Waals surface area contributed by atoms with Crippen molar-refractivity contribution in [2.75, 3.05) is 6.54 Å². The molecule has 0 bridgehead atoms. The van der Waals surface area contributed by atoms with Crippen LogP contribution in [0.3, 0.4) is 0 Å². The Labute approximate surface area is 107 Å². The third-order valence-corrected chi connectivity index (χ3v) is 2.83. The van der Waals surface area contributed by atoms with E-state index in [9.17, 15) is 18.3 Å². The summed E-state index contributed by atoms with van der Waals surface area (Å²) < 4.78 is 40.0. The van der Waals surface area contributed by atoms with Crippen LogP contribution in [0.5, 0.6) is 0 Å². The molecule has 102 valence electrons. The van der Waals surface area contributed by atoms with Gasteiger partial charge in [-0.15, -0.1) is 0 Å². The summed E-state index contributed by atoms with van der Waals surface area (Å²) in [4.78, 5) is 0. The fourth-order valence-corrected chi connectivity index (χ4v) is 1.76. The van der Waals surface area contributed by atoms with E-state index < -0.39 is 24.0 Å². The normalized spacial score (nSPS) is 15.2. The fourth-order valence-electron chi connectivity index (χ4n) is 1.76. The first kappa shape index (κ1) is 13.6. The Morgan fingerprint density at radius 1 is 1.16 bits per heavy atom. The standard InChI is InChI=1S/C12H12F3N3O/c13-12(14,15)11(19,8-16)10-6-7-17-18(10)9-4-2-1-3-5-9/h1-7,19H,8,16H2. The first-order valence-electron chi connectivity index (χ1n) is 5.49. The quantitative estimate of drug-likeness (QED) is 0.890. The Balaban J connectivity index is 2.56. The molecule has 19 heavy (non-hydrogen) atoms. The van der Waals surface area contributed by atoms with Gasteiger partial charge in [-0.3, -0.25) is 0 Å². The average Bonchev–Trinajstić information content (AvgIpc) is 2.87. The SMILES string of the molecule is NCC(O)(c1ccnn1-c1ccccc1)C(F)(F)F. The van der Waals surface area contributed by atoms with Crippen LogP contribution in [-0.2, 0) is 5.60 Å². The second-order valence-corrected chi connectivity index (χ2v) is 4.03. The van der Waals surface area contributed by atoms with Crippen molar-refractivity contribution in [3.8, 4) is 5.69 Å². The maximum Gasteiger partial charge on any atom is 0.424 e. The molecule has 0 fully saturated rings. The number of benzene rings is 1. The Bertz CT molecular complexity index is 553. The molecule has 0 amide bonds. The lowest BCUT2D eigenvalue weighted by atomic mass is 9.99. The molecule has 0 spiro atoms. The number of nitrogens with two attached hydrogens (primary N) is 1. The number of para-hydroxylation sites is 1. The minimum Gasteiger partial charge on any atom is -0.374 e. The van der Waals surface area contributed by atoms with Crippen molar-refractivity contribution >= 4 is 0 Å². The predicted molar refractivity (Wildman–Crippen MR) is 62.6 cm³/mol. The Kier molecular flexibility index (Phi) is 3.34. The van der Waals surface area contributed by atoms with Crippen LogP contribution < -0.4 is 5.73 Å². The van der Waals surface area contributed by atoms with Gasteiger partial charge in [-0.1, -0.05) is 18.2 Å². The molecule has 0 radical (unpaired) electrons. The lowest BCUT2D eigenvalue weighted by molar-refractivity contribution is -0.264. The van der Waals surface area contributed by atoms with Gasteiger partial charge in [0.05, 0.1) is 11.4 Å². The highest BCUT2D eigenvalue weighted by Gasteiger charge is 2.56. The lowest BCUT2D eigenvalue weighted by Gasteiger charge is -2.29. The number of nitrogens with zero attached hydrogens (tertiary/aromatic N) is 2. The summed E-state index contributed by atoms with van der Waals surface area (Å²) in [5.41, 5.74) is 2.00. The lowest BCUT2D eigenvalue weighted by Crippen LogP contribution is -2.49. The molecule has 1 heterocycles. The summed E-state index contributed by atoms with van der Waals surface area (Å²) >= 11 is 0. The van der Waals surface area contributed by atoms with Gasteiger partial charge in [0.2, 0.25) is 5.60 Å². The number of aromatic nitrogens is 2. The Morgan fingerprint density at radius 3 is 2.32 bits per heavy atom. The third-order valence-electron chi connectivity index (χ3n) is 2.83. The maximum absolute atomic E-state index is 13.0. The molecule has 0 saturated heterocycles. The van der Waals surface area contributed by atoms with Crippen LogP contribution in [0.25, 0.3) is 5.69 Å². The maximum atomic E-state index is 13.0. The molecular weight excluding hydrogens is 259 g/mol. The molecule has 2 rings (SSSR count). The largest absolute Gasteiger partial charge is 0.424 e. The monoisotopic (exact) mass is 271 g/mol. The first-order valence-corrected chi connectivity index (χ1v) is 5.49. The molecule has 1 aromatic carbocycles. The van der Waals surface area contributed by atoms with Gasteiger partial charge in [0.15, 0.2) is 0 Å². The molecular formula is C12H12F3N3O. The summed E-state index contributed by atoms with van der Waals surface area (Å²) in [7, 11) is 0. The van der Waals surface area contributed by atoms with Crippen LogP contribution in [0.2, 0.25) is 0 Å². The van der Waals surface area contributed by atoms with E-state index in [4.69, 9.17) is 5.73 Å². The third kappa shape index (κ3) is 2.22. The molecule has 0 aliphatic carbocycles. The van der Waals surface area contributed by atoms with Crippen LogP contribution in [0, 0.1) is 0 Å². The van der Waals surface area contributed by atoms with E-state index >= 15 is 0 Å². The zero-order chi connectivity index (χ0) is 14.1. The van der Waals surface area contributed by atoms with Gasteiger partial charge in [0.25, 0.3) is 0 Å². The van der Waals surface area contributed by atoms with Crippen LogP contribution in [0.15, 0.2) is 42.6 Å². The fraction of sp³-hybridized carbons (Fsp3) is 0.250. The summed E-state index contributed by atoms with van der Waals surface area (Å²) in [6.07, 6.45) is -3.69. The molecule has 0 aliphatic rings. The number of hydrogen-bond acceptors (Lipinski definition) is 3. The molecule has 0 aliphatic heterocycles. The van der Waals surface area contributed by atoms with Gasteiger partial charge in [-0.2, -0.15) is 18.3 Å². The van der Waals surface area contributed by atoms with Crippen LogP contribution in [0.1, 0.15) is 5.69 Å². The highest BCUT2D eigenvalue weighted by molar-refractivity contribution is 5.34. The molecule has 0 saturated carbocycles. The van der Waals surface area contributed by atoms with Crippen molar-refractivity contribution in [3.05, 3.63) is 48.3 Å². The minimum atomic E-state index is -4.88. The molecule has 1 atom stereocenters. The second kappa shape index (κ2) is 4.67. The van der Waals surface area contributed by atoms with Crippen molar-refractivity contribution in [1.82, 2.24) is 9.78 Å². The van der Waals surface area contributed by atoms with Crippen molar-refractivity contribution in [2.24, 2.45) is 5.73 Å². The molecule has 4 nitrogen and oxygen atoms in total. The molecule has 1 aromatic heterocycles. The van der Waals surface area contributed by atoms with E-state index in [0.29, 0.717) is 5.69 Å². The molecule has 1 unspecified atom stereocenters. The van der Waals surface area contributed by atoms with Gasteiger partial charge in [0.1, 0.15) is 0 Å². The van der Waals surface area contributed by atoms with Crippen LogP contribution in [0.4, 0.5) is 13.2 Å². The van der Waals surface area contributed by atoms with Crippen molar-refractivity contribution in [3.63, 3.8) is 0 Å². The zero-order valence-electron chi connectivity index (χ0n) is 9.80. The topological polar surface area (TPSA) is 64.1 Å². The van der Waals surface area contributed by atoms with Crippen molar-refractivity contribution in [2.45, 2.75) is 11.8 Å². The number of hydrogen-bond donors (Lipinski definition) is 2. The number of halogens is 3. The van der Waals surface area contributed by atoms with E-state index in [1.54, 1.807) is 30.3 Å². The highest BCUT2D eigenvalue weighted by atomic mass is 19.4. The van der Waals surface area contributed by atoms with Gasteiger partial charge in [-0.25, -0.2) is 4.68 Å². The summed E-state index contributed by atoms with van der Waals surface area (Å²) in [5, 5.41) is 13.7. The predicted octanol–water partition coefficient (Wildman–Crippen LogP) is 1.58. The Hall–Kier alpha value is -1.86. The molecule has 7 heteroatoms. The average molecular weight is 271 g/mol. The Morgan fingerprint density at radius 2 is 1.79 bits per heavy atom.